The van der Waals surface area contributed by atoms with Crippen LogP contribution in [0.25, 0.3) is 0 Å². The Labute approximate surface area is 134 Å². The molecule has 2 aliphatic heterocycles. The molecule has 0 radical (unpaired) electrons. The van der Waals surface area contributed by atoms with Crippen molar-refractivity contribution in [3.05, 3.63) is 34.6 Å². The van der Waals surface area contributed by atoms with Crippen LogP contribution in [0.2, 0.25) is 5.02 Å². The van der Waals surface area contributed by atoms with Crippen LogP contribution in [0.3, 0.4) is 0 Å². The second-order valence-electron chi connectivity index (χ2n) is 5.79. The Morgan fingerprint density at radius 1 is 1.45 bits per heavy atom. The van der Waals surface area contributed by atoms with Crippen molar-refractivity contribution in [1.29, 1.82) is 0 Å². The third-order valence-electron chi connectivity index (χ3n) is 4.46. The van der Waals surface area contributed by atoms with E-state index >= 15 is 0 Å². The Morgan fingerprint density at radius 3 is 2.95 bits per heavy atom. The highest BCUT2D eigenvalue weighted by molar-refractivity contribution is 6.30. The quantitative estimate of drug-likeness (QED) is 0.924. The average Bonchev–Trinajstić information content (AvgIpc) is 3.10. The van der Waals surface area contributed by atoms with Crippen molar-refractivity contribution in [2.75, 3.05) is 19.7 Å². The van der Waals surface area contributed by atoms with Crippen molar-refractivity contribution in [3.8, 4) is 0 Å². The molecular weight excluding hydrogens is 307 g/mol. The predicted molar refractivity (Wildman–Crippen MR) is 82.3 cm³/mol. The first-order chi connectivity index (χ1) is 10.6. The molecule has 0 aromatic heterocycles. The Balaban J connectivity index is 1.71. The van der Waals surface area contributed by atoms with Crippen LogP contribution in [0.1, 0.15) is 31.4 Å². The number of ether oxygens (including phenoxy) is 1. The molecule has 0 spiro atoms. The predicted octanol–water partition coefficient (Wildman–Crippen LogP) is 2.52. The van der Waals surface area contributed by atoms with Crippen LogP contribution >= 0.6 is 11.6 Å². The van der Waals surface area contributed by atoms with Gasteiger partial charge in [0.2, 0.25) is 5.91 Å². The first kappa shape index (κ1) is 15.7. The average molecular weight is 327 g/mol. The lowest BCUT2D eigenvalue weighted by molar-refractivity contribution is -0.129. The third kappa shape index (κ3) is 2.98. The number of carbonyl (C=O) groups is 1. The number of amides is 1. The molecule has 2 heterocycles. The Kier molecular flexibility index (Phi) is 4.66. The van der Waals surface area contributed by atoms with Crippen LogP contribution < -0.4 is 5.32 Å². The van der Waals surface area contributed by atoms with Gasteiger partial charge in [0.25, 0.3) is 0 Å². The van der Waals surface area contributed by atoms with Gasteiger partial charge in [-0.05, 0) is 37.5 Å². The fraction of sp³-hybridized carbons (Fsp3) is 0.562. The van der Waals surface area contributed by atoms with Gasteiger partial charge in [-0.15, -0.1) is 0 Å². The standard InChI is InChI=1S/C16H20ClFN2O2/c1-2-20-7-5-14(16(20)21)19-13-6-8-22-15(13)10-3-4-11(17)12(18)9-10/h3-4,9,13-15,19H,2,5-8H2,1H3/t13-,14?,15+/m1/s1. The molecule has 1 amide bonds. The summed E-state index contributed by atoms with van der Waals surface area (Å²) in [5.41, 5.74) is 0.759. The fourth-order valence-electron chi connectivity index (χ4n) is 3.24. The number of hydrogen-bond acceptors (Lipinski definition) is 3. The van der Waals surface area contributed by atoms with Gasteiger partial charge in [-0.2, -0.15) is 0 Å². The maximum Gasteiger partial charge on any atom is 0.239 e. The Hall–Kier alpha value is -1.17. The van der Waals surface area contributed by atoms with Gasteiger partial charge in [-0.25, -0.2) is 4.39 Å². The molecule has 2 saturated heterocycles. The summed E-state index contributed by atoms with van der Waals surface area (Å²) in [4.78, 5) is 14.1. The molecule has 3 atom stereocenters. The van der Waals surface area contributed by atoms with E-state index < -0.39 is 5.82 Å². The zero-order valence-corrected chi connectivity index (χ0v) is 13.3. The van der Waals surface area contributed by atoms with Crippen LogP contribution in [0.15, 0.2) is 18.2 Å². The minimum absolute atomic E-state index is 0.0198. The zero-order chi connectivity index (χ0) is 15.7. The molecular formula is C16H20ClFN2O2. The number of nitrogens with one attached hydrogen (secondary N) is 1. The molecule has 6 heteroatoms. The number of carbonyl (C=O) groups excluding carboxylic acids is 1. The fourth-order valence-corrected chi connectivity index (χ4v) is 3.36. The van der Waals surface area contributed by atoms with Gasteiger partial charge < -0.3 is 9.64 Å². The minimum atomic E-state index is -0.442. The van der Waals surface area contributed by atoms with Gasteiger partial charge in [-0.3, -0.25) is 10.1 Å². The molecule has 2 aliphatic rings. The molecule has 2 fully saturated rings. The third-order valence-corrected chi connectivity index (χ3v) is 4.76. The van der Waals surface area contributed by atoms with Gasteiger partial charge >= 0.3 is 0 Å². The van der Waals surface area contributed by atoms with Gasteiger partial charge in [0.1, 0.15) is 5.82 Å². The van der Waals surface area contributed by atoms with Crippen molar-refractivity contribution in [2.45, 2.75) is 38.0 Å². The summed E-state index contributed by atoms with van der Waals surface area (Å²) >= 11 is 5.73. The van der Waals surface area contributed by atoms with Crippen LogP contribution in [0.5, 0.6) is 0 Å². The van der Waals surface area contributed by atoms with Crippen LogP contribution in [0, 0.1) is 5.82 Å². The number of likely N-dealkylation sites (N-methyl/N-ethyl adjacent to an activating group) is 1. The van der Waals surface area contributed by atoms with Crippen molar-refractivity contribution < 1.29 is 13.9 Å². The van der Waals surface area contributed by atoms with E-state index in [1.54, 1.807) is 12.1 Å². The minimum Gasteiger partial charge on any atom is -0.372 e. The molecule has 0 saturated carbocycles. The Morgan fingerprint density at radius 2 is 2.27 bits per heavy atom. The molecule has 0 bridgehead atoms. The molecule has 4 nitrogen and oxygen atoms in total. The maximum absolute atomic E-state index is 13.7. The monoisotopic (exact) mass is 326 g/mol. The summed E-state index contributed by atoms with van der Waals surface area (Å²) in [5.74, 6) is -0.294. The van der Waals surface area contributed by atoms with E-state index in [2.05, 4.69) is 5.32 Å². The topological polar surface area (TPSA) is 41.6 Å². The van der Waals surface area contributed by atoms with E-state index in [4.69, 9.17) is 16.3 Å². The summed E-state index contributed by atoms with van der Waals surface area (Å²) in [6.45, 7) is 4.12. The molecule has 0 aliphatic carbocycles. The number of likely N-dealkylation sites (tertiary alicyclic amines) is 1. The molecule has 120 valence electrons. The Bertz CT molecular complexity index is 569. The highest BCUT2D eigenvalue weighted by Gasteiger charge is 2.37. The molecule has 22 heavy (non-hydrogen) atoms. The van der Waals surface area contributed by atoms with Crippen molar-refractivity contribution >= 4 is 17.5 Å². The highest BCUT2D eigenvalue weighted by Crippen LogP contribution is 2.32. The summed E-state index contributed by atoms with van der Waals surface area (Å²) in [6.07, 6.45) is 1.38. The van der Waals surface area contributed by atoms with Gasteiger partial charge in [0.05, 0.1) is 17.2 Å². The highest BCUT2D eigenvalue weighted by atomic mass is 35.5. The molecule has 1 aromatic carbocycles. The van der Waals surface area contributed by atoms with E-state index in [-0.39, 0.29) is 29.1 Å². The smallest absolute Gasteiger partial charge is 0.239 e. The summed E-state index contributed by atoms with van der Waals surface area (Å²) in [6, 6.07) is 4.61. The van der Waals surface area contributed by atoms with E-state index in [0.717, 1.165) is 31.5 Å². The zero-order valence-electron chi connectivity index (χ0n) is 12.5. The number of halogens is 2. The lowest BCUT2D eigenvalue weighted by Crippen LogP contribution is -2.44. The SMILES string of the molecule is CCN1CCC(N[C@@H]2CCO[C@H]2c2ccc(Cl)c(F)c2)C1=O. The summed E-state index contributed by atoms with van der Waals surface area (Å²) in [7, 11) is 0. The number of nitrogens with zero attached hydrogens (tertiary/aromatic N) is 1. The van der Waals surface area contributed by atoms with E-state index in [0.29, 0.717) is 6.61 Å². The van der Waals surface area contributed by atoms with E-state index in [1.807, 2.05) is 11.8 Å². The lowest BCUT2D eigenvalue weighted by atomic mass is 10.0. The first-order valence-corrected chi connectivity index (χ1v) is 8.09. The number of benzene rings is 1. The summed E-state index contributed by atoms with van der Waals surface area (Å²) in [5, 5.41) is 3.51. The molecule has 1 aromatic rings. The maximum atomic E-state index is 13.7. The van der Waals surface area contributed by atoms with E-state index in [9.17, 15) is 9.18 Å². The largest absolute Gasteiger partial charge is 0.372 e. The van der Waals surface area contributed by atoms with E-state index in [1.165, 1.54) is 6.07 Å². The molecule has 1 unspecified atom stereocenters. The van der Waals surface area contributed by atoms with Crippen molar-refractivity contribution in [1.82, 2.24) is 10.2 Å². The molecule has 3 rings (SSSR count). The second kappa shape index (κ2) is 6.52. The lowest BCUT2D eigenvalue weighted by Gasteiger charge is -2.23. The van der Waals surface area contributed by atoms with Gasteiger partial charge in [0.15, 0.2) is 0 Å². The number of hydrogen-bond donors (Lipinski definition) is 1. The van der Waals surface area contributed by atoms with Gasteiger partial charge in [-0.1, -0.05) is 17.7 Å². The van der Waals surface area contributed by atoms with Crippen LogP contribution in [-0.2, 0) is 9.53 Å². The van der Waals surface area contributed by atoms with Crippen molar-refractivity contribution in [2.24, 2.45) is 0 Å². The van der Waals surface area contributed by atoms with Crippen molar-refractivity contribution in [3.63, 3.8) is 0 Å². The second-order valence-corrected chi connectivity index (χ2v) is 6.19. The summed E-state index contributed by atoms with van der Waals surface area (Å²) < 4.78 is 19.4. The van der Waals surface area contributed by atoms with Gasteiger partial charge in [0, 0.05) is 25.7 Å². The van der Waals surface area contributed by atoms with Crippen LogP contribution in [-0.4, -0.2) is 42.6 Å². The van der Waals surface area contributed by atoms with Crippen LogP contribution in [0.4, 0.5) is 4.39 Å². The number of rotatable bonds is 4. The normalized spacial score (nSPS) is 28.6. The molecule has 1 N–H and O–H groups in total. The first-order valence-electron chi connectivity index (χ1n) is 7.71.